The first kappa shape index (κ1) is 17.5. The number of ether oxygens (including phenoxy) is 1. The van der Waals surface area contributed by atoms with E-state index in [0.29, 0.717) is 22.8 Å². The Labute approximate surface area is 159 Å². The SMILES string of the molecule is COc1ccc2nc(SC(C)c3nc(-c4ccc(C)c(F)c4)no3)[nH]c2c1. The Morgan fingerprint density at radius 1 is 1.19 bits per heavy atom. The second-order valence-electron chi connectivity index (χ2n) is 6.11. The topological polar surface area (TPSA) is 76.8 Å². The highest BCUT2D eigenvalue weighted by atomic mass is 32.2. The molecule has 8 heteroatoms. The molecule has 1 N–H and O–H groups in total. The highest BCUT2D eigenvalue weighted by molar-refractivity contribution is 7.99. The van der Waals surface area contributed by atoms with Crippen LogP contribution in [0.15, 0.2) is 46.1 Å². The molecule has 0 bridgehead atoms. The molecule has 0 saturated heterocycles. The molecular weight excluding hydrogens is 367 g/mol. The highest BCUT2D eigenvalue weighted by Crippen LogP contribution is 2.34. The minimum absolute atomic E-state index is 0.121. The van der Waals surface area contributed by atoms with Crippen molar-refractivity contribution in [3.63, 3.8) is 0 Å². The van der Waals surface area contributed by atoms with Gasteiger partial charge in [0.2, 0.25) is 11.7 Å². The van der Waals surface area contributed by atoms with E-state index in [1.54, 1.807) is 26.2 Å². The van der Waals surface area contributed by atoms with Crippen molar-refractivity contribution in [2.75, 3.05) is 7.11 Å². The van der Waals surface area contributed by atoms with Crippen molar-refractivity contribution in [3.8, 4) is 17.1 Å². The van der Waals surface area contributed by atoms with Gasteiger partial charge in [-0.3, -0.25) is 0 Å². The van der Waals surface area contributed by atoms with Gasteiger partial charge in [0.1, 0.15) is 11.6 Å². The molecule has 0 aliphatic heterocycles. The average molecular weight is 384 g/mol. The van der Waals surface area contributed by atoms with E-state index in [9.17, 15) is 4.39 Å². The van der Waals surface area contributed by atoms with Gasteiger partial charge in [-0.25, -0.2) is 9.37 Å². The number of hydrogen-bond donors (Lipinski definition) is 1. The molecule has 2 aromatic carbocycles. The van der Waals surface area contributed by atoms with Gasteiger partial charge in [0.25, 0.3) is 0 Å². The molecule has 0 aliphatic rings. The molecule has 4 rings (SSSR count). The van der Waals surface area contributed by atoms with E-state index < -0.39 is 0 Å². The summed E-state index contributed by atoms with van der Waals surface area (Å²) in [4.78, 5) is 12.2. The van der Waals surface area contributed by atoms with E-state index in [-0.39, 0.29) is 11.1 Å². The summed E-state index contributed by atoms with van der Waals surface area (Å²) in [5.74, 6) is 1.29. The number of imidazole rings is 1. The van der Waals surface area contributed by atoms with Crippen LogP contribution in [-0.2, 0) is 0 Å². The fraction of sp³-hybridized carbons (Fsp3) is 0.211. The number of hydrogen-bond acceptors (Lipinski definition) is 6. The van der Waals surface area contributed by atoms with Gasteiger partial charge in [-0.05, 0) is 37.6 Å². The molecule has 0 spiro atoms. The van der Waals surface area contributed by atoms with Gasteiger partial charge >= 0.3 is 0 Å². The molecule has 6 nitrogen and oxygen atoms in total. The summed E-state index contributed by atoms with van der Waals surface area (Å²) in [6.45, 7) is 3.66. The summed E-state index contributed by atoms with van der Waals surface area (Å²) in [6.07, 6.45) is 0. The fourth-order valence-corrected chi connectivity index (χ4v) is 3.47. The van der Waals surface area contributed by atoms with Crippen LogP contribution < -0.4 is 4.74 Å². The Hall–Kier alpha value is -2.87. The minimum Gasteiger partial charge on any atom is -0.497 e. The van der Waals surface area contributed by atoms with Crippen LogP contribution >= 0.6 is 11.8 Å². The maximum absolute atomic E-state index is 13.8. The zero-order valence-electron chi connectivity index (χ0n) is 15.0. The molecule has 0 aliphatic carbocycles. The van der Waals surface area contributed by atoms with E-state index in [1.165, 1.54) is 17.8 Å². The zero-order valence-corrected chi connectivity index (χ0v) is 15.8. The van der Waals surface area contributed by atoms with Crippen molar-refractivity contribution in [1.82, 2.24) is 20.1 Å². The van der Waals surface area contributed by atoms with Gasteiger partial charge in [0.15, 0.2) is 5.16 Å². The Kier molecular flexibility index (Phi) is 4.57. The number of aromatic amines is 1. The van der Waals surface area contributed by atoms with Crippen molar-refractivity contribution in [2.45, 2.75) is 24.3 Å². The van der Waals surface area contributed by atoms with Crippen LogP contribution in [0.3, 0.4) is 0 Å². The second-order valence-corrected chi connectivity index (χ2v) is 7.43. The first-order valence-electron chi connectivity index (χ1n) is 8.34. The van der Waals surface area contributed by atoms with Gasteiger partial charge in [-0.1, -0.05) is 29.1 Å². The van der Waals surface area contributed by atoms with Crippen LogP contribution in [0, 0.1) is 12.7 Å². The largest absolute Gasteiger partial charge is 0.497 e. The number of nitrogens with one attached hydrogen (secondary N) is 1. The van der Waals surface area contributed by atoms with E-state index in [0.717, 1.165) is 21.9 Å². The maximum Gasteiger partial charge on any atom is 0.240 e. The molecule has 0 saturated carbocycles. The van der Waals surface area contributed by atoms with Gasteiger partial charge < -0.3 is 14.2 Å². The fourth-order valence-electron chi connectivity index (χ4n) is 2.62. The second kappa shape index (κ2) is 7.03. The summed E-state index contributed by atoms with van der Waals surface area (Å²) >= 11 is 1.47. The van der Waals surface area contributed by atoms with E-state index in [1.807, 2.05) is 25.1 Å². The van der Waals surface area contributed by atoms with Gasteiger partial charge in [-0.15, -0.1) is 0 Å². The molecule has 1 atom stereocenters. The van der Waals surface area contributed by atoms with Crippen molar-refractivity contribution in [2.24, 2.45) is 0 Å². The summed E-state index contributed by atoms with van der Waals surface area (Å²) in [5, 5.41) is 4.59. The number of rotatable bonds is 5. The highest BCUT2D eigenvalue weighted by Gasteiger charge is 2.19. The van der Waals surface area contributed by atoms with Crippen LogP contribution in [-0.4, -0.2) is 27.2 Å². The Morgan fingerprint density at radius 3 is 2.81 bits per heavy atom. The lowest BCUT2D eigenvalue weighted by molar-refractivity contribution is 0.380. The summed E-state index contributed by atoms with van der Waals surface area (Å²) < 4.78 is 24.4. The normalized spacial score (nSPS) is 12.4. The molecule has 0 fully saturated rings. The Bertz CT molecular complexity index is 1110. The molecule has 0 radical (unpaired) electrons. The maximum atomic E-state index is 13.8. The zero-order chi connectivity index (χ0) is 19.0. The number of benzene rings is 2. The first-order valence-corrected chi connectivity index (χ1v) is 9.22. The first-order chi connectivity index (χ1) is 13.0. The number of H-pyrrole nitrogens is 1. The molecule has 4 aromatic rings. The average Bonchev–Trinajstić information content (AvgIpc) is 3.30. The molecule has 2 heterocycles. The summed E-state index contributed by atoms with van der Waals surface area (Å²) in [7, 11) is 1.63. The van der Waals surface area contributed by atoms with E-state index in [2.05, 4.69) is 20.1 Å². The Morgan fingerprint density at radius 2 is 2.04 bits per heavy atom. The third kappa shape index (κ3) is 3.52. The number of thioether (sulfide) groups is 1. The quantitative estimate of drug-likeness (QED) is 0.492. The summed E-state index contributed by atoms with van der Waals surface area (Å²) in [5.41, 5.74) is 2.91. The van der Waals surface area contributed by atoms with Gasteiger partial charge in [-0.2, -0.15) is 4.98 Å². The monoisotopic (exact) mass is 384 g/mol. The lowest BCUT2D eigenvalue weighted by Crippen LogP contribution is -1.90. The molecule has 1 unspecified atom stereocenters. The smallest absolute Gasteiger partial charge is 0.240 e. The predicted octanol–water partition coefficient (Wildman–Crippen LogP) is 4.92. The van der Waals surface area contributed by atoms with Crippen molar-refractivity contribution >= 4 is 22.8 Å². The van der Waals surface area contributed by atoms with Gasteiger partial charge in [0.05, 0.1) is 23.4 Å². The molecule has 138 valence electrons. The molecule has 0 amide bonds. The number of aromatic nitrogens is 4. The van der Waals surface area contributed by atoms with Crippen LogP contribution in [0.2, 0.25) is 0 Å². The van der Waals surface area contributed by atoms with Crippen molar-refractivity contribution < 1.29 is 13.7 Å². The third-order valence-corrected chi connectivity index (χ3v) is 5.15. The van der Waals surface area contributed by atoms with E-state index in [4.69, 9.17) is 9.26 Å². The predicted molar refractivity (Wildman–Crippen MR) is 101 cm³/mol. The molecule has 2 aromatic heterocycles. The number of fused-ring (bicyclic) bond motifs is 1. The molecular formula is C19H17FN4O2S. The van der Waals surface area contributed by atoms with Crippen molar-refractivity contribution in [1.29, 1.82) is 0 Å². The van der Waals surface area contributed by atoms with Crippen molar-refractivity contribution in [3.05, 3.63) is 53.7 Å². The standard InChI is InChI=1S/C19H17FN4O2S/c1-10-4-5-12(8-14(10)20)17-23-18(26-24-17)11(2)27-19-21-15-7-6-13(25-3)9-16(15)22-19/h4-9,11H,1-3H3,(H,21,22). The summed E-state index contributed by atoms with van der Waals surface area (Å²) in [6, 6.07) is 10.5. The van der Waals surface area contributed by atoms with Gasteiger partial charge in [0, 0.05) is 11.6 Å². The number of methoxy groups -OCH3 is 1. The Balaban J connectivity index is 1.54. The van der Waals surface area contributed by atoms with Crippen LogP contribution in [0.25, 0.3) is 22.4 Å². The van der Waals surface area contributed by atoms with Crippen LogP contribution in [0.5, 0.6) is 5.75 Å². The lowest BCUT2D eigenvalue weighted by atomic mass is 10.1. The third-order valence-electron chi connectivity index (χ3n) is 4.18. The number of halogens is 1. The number of aryl methyl sites for hydroxylation is 1. The van der Waals surface area contributed by atoms with E-state index >= 15 is 0 Å². The van der Waals surface area contributed by atoms with Crippen LogP contribution in [0.4, 0.5) is 4.39 Å². The minimum atomic E-state index is -0.293. The number of nitrogens with zero attached hydrogens (tertiary/aromatic N) is 3. The molecule has 27 heavy (non-hydrogen) atoms. The lowest BCUT2D eigenvalue weighted by Gasteiger charge is -2.02. The van der Waals surface area contributed by atoms with Crippen LogP contribution in [0.1, 0.15) is 23.6 Å².